The zero-order chi connectivity index (χ0) is 17.8. The molecule has 1 aromatic heterocycles. The first kappa shape index (κ1) is 20.4. The fraction of sp³-hybridized carbons (Fsp3) is 0.786. The summed E-state index contributed by atoms with van der Waals surface area (Å²) in [5.74, 6) is 1.70. The number of sulfone groups is 1. The average molecular weight is 360 g/mol. The molecule has 0 unspecified atom stereocenters. The van der Waals surface area contributed by atoms with E-state index in [9.17, 15) is 8.42 Å². The number of hydrogen-bond acceptors (Lipinski definition) is 6. The number of guanidine groups is 1. The highest BCUT2D eigenvalue weighted by atomic mass is 32.2. The van der Waals surface area contributed by atoms with Crippen molar-refractivity contribution >= 4 is 15.8 Å². The first-order valence-electron chi connectivity index (χ1n) is 8.10. The molecule has 9 nitrogen and oxygen atoms in total. The van der Waals surface area contributed by atoms with E-state index in [1.165, 1.54) is 6.26 Å². The van der Waals surface area contributed by atoms with Crippen LogP contribution in [0.2, 0.25) is 0 Å². The summed E-state index contributed by atoms with van der Waals surface area (Å²) in [5, 5.41) is 14.3. The molecule has 0 fully saturated rings. The highest BCUT2D eigenvalue weighted by Gasteiger charge is 2.03. The topological polar surface area (TPSA) is 110 Å². The summed E-state index contributed by atoms with van der Waals surface area (Å²) >= 11 is 0. The number of aryl methyl sites for hydroxylation is 1. The predicted octanol–water partition coefficient (Wildman–Crippen LogP) is -0.543. The monoisotopic (exact) mass is 360 g/mol. The summed E-state index contributed by atoms with van der Waals surface area (Å²) in [6, 6.07) is 0. The van der Waals surface area contributed by atoms with E-state index in [2.05, 4.69) is 25.8 Å². The molecule has 10 heteroatoms. The molecule has 1 rings (SSSR count). The fourth-order valence-corrected chi connectivity index (χ4v) is 2.33. The van der Waals surface area contributed by atoms with Crippen molar-refractivity contribution in [3.8, 4) is 0 Å². The molecule has 1 heterocycles. The van der Waals surface area contributed by atoms with Gasteiger partial charge in [-0.2, -0.15) is 0 Å². The molecule has 0 aromatic carbocycles. The van der Waals surface area contributed by atoms with Crippen LogP contribution in [0.4, 0.5) is 0 Å². The molecule has 1 aromatic rings. The molecular weight excluding hydrogens is 332 g/mol. The van der Waals surface area contributed by atoms with Crippen LogP contribution in [0.5, 0.6) is 0 Å². The summed E-state index contributed by atoms with van der Waals surface area (Å²) in [6.07, 6.45) is 3.76. The second-order valence-electron chi connectivity index (χ2n) is 5.22. The lowest BCUT2D eigenvalue weighted by atomic mass is 10.4. The van der Waals surface area contributed by atoms with Crippen molar-refractivity contribution < 1.29 is 13.2 Å². The van der Waals surface area contributed by atoms with Gasteiger partial charge in [0.15, 0.2) is 5.96 Å². The Morgan fingerprint density at radius 2 is 2.12 bits per heavy atom. The zero-order valence-electron chi connectivity index (χ0n) is 14.7. The average Bonchev–Trinajstić information content (AvgIpc) is 2.97. The van der Waals surface area contributed by atoms with Crippen LogP contribution in [0, 0.1) is 0 Å². The largest absolute Gasteiger partial charge is 0.378 e. The van der Waals surface area contributed by atoms with E-state index in [0.29, 0.717) is 25.7 Å². The number of aliphatic imine (C=N–C) groups is 1. The lowest BCUT2D eigenvalue weighted by molar-refractivity contribution is 0.157. The number of ether oxygens (including phenoxy) is 1. The van der Waals surface area contributed by atoms with Crippen LogP contribution in [0.3, 0.4) is 0 Å². The smallest absolute Gasteiger partial charge is 0.191 e. The van der Waals surface area contributed by atoms with Crippen LogP contribution in [-0.4, -0.2) is 74.0 Å². The molecule has 0 amide bonds. The van der Waals surface area contributed by atoms with Crippen molar-refractivity contribution in [3.63, 3.8) is 0 Å². The summed E-state index contributed by atoms with van der Waals surface area (Å²) in [5.41, 5.74) is 0. The van der Waals surface area contributed by atoms with E-state index in [0.717, 1.165) is 25.3 Å². The molecule has 0 bridgehead atoms. The van der Waals surface area contributed by atoms with Crippen molar-refractivity contribution in [3.05, 3.63) is 12.2 Å². The van der Waals surface area contributed by atoms with Crippen molar-refractivity contribution in [2.24, 2.45) is 4.99 Å². The molecule has 24 heavy (non-hydrogen) atoms. The Balaban J connectivity index is 2.29. The first-order chi connectivity index (χ1) is 11.5. The summed E-state index contributed by atoms with van der Waals surface area (Å²) in [4.78, 5) is 4.39. The minimum Gasteiger partial charge on any atom is -0.378 e. The summed E-state index contributed by atoms with van der Waals surface area (Å²) in [7, 11) is -2.97. The lowest BCUT2D eigenvalue weighted by Gasteiger charge is -2.12. The maximum atomic E-state index is 11.0. The molecule has 0 aliphatic heterocycles. The van der Waals surface area contributed by atoms with E-state index in [4.69, 9.17) is 4.74 Å². The molecular formula is C14H28N6O3S. The summed E-state index contributed by atoms with van der Waals surface area (Å²) < 4.78 is 29.2. The first-order valence-corrected chi connectivity index (χ1v) is 10.2. The normalized spacial score (nSPS) is 12.4. The molecule has 0 aliphatic rings. The third-order valence-corrected chi connectivity index (χ3v) is 4.01. The van der Waals surface area contributed by atoms with Gasteiger partial charge in [-0.25, -0.2) is 8.42 Å². The Hall–Kier alpha value is -1.68. The highest BCUT2D eigenvalue weighted by Crippen LogP contribution is 1.94. The zero-order valence-corrected chi connectivity index (χ0v) is 15.5. The van der Waals surface area contributed by atoms with Crippen molar-refractivity contribution in [2.75, 3.05) is 44.9 Å². The van der Waals surface area contributed by atoms with Crippen molar-refractivity contribution in [2.45, 2.75) is 26.8 Å². The van der Waals surface area contributed by atoms with Crippen LogP contribution in [0.1, 0.15) is 19.7 Å². The molecule has 0 saturated carbocycles. The van der Waals surface area contributed by atoms with Crippen LogP contribution >= 0.6 is 0 Å². The van der Waals surface area contributed by atoms with Gasteiger partial charge in [0, 0.05) is 32.3 Å². The fourth-order valence-electron chi connectivity index (χ4n) is 1.91. The Labute approximate surface area is 143 Å². The quantitative estimate of drug-likeness (QED) is 0.310. The predicted molar refractivity (Wildman–Crippen MR) is 93.9 cm³/mol. The van der Waals surface area contributed by atoms with Crippen molar-refractivity contribution in [1.29, 1.82) is 0 Å². The number of rotatable bonds is 11. The van der Waals surface area contributed by atoms with Crippen LogP contribution < -0.4 is 10.6 Å². The van der Waals surface area contributed by atoms with Gasteiger partial charge in [-0.1, -0.05) is 6.92 Å². The Bertz CT molecular complexity index is 599. The number of aromatic nitrogens is 3. The van der Waals surface area contributed by atoms with Gasteiger partial charge >= 0.3 is 0 Å². The Morgan fingerprint density at radius 1 is 1.33 bits per heavy atom. The van der Waals surface area contributed by atoms with Gasteiger partial charge in [0.25, 0.3) is 0 Å². The third kappa shape index (κ3) is 8.82. The summed E-state index contributed by atoms with van der Waals surface area (Å²) in [6.45, 7) is 7.30. The van der Waals surface area contributed by atoms with Gasteiger partial charge in [-0.3, -0.25) is 4.99 Å². The van der Waals surface area contributed by atoms with Gasteiger partial charge in [-0.05, 0) is 6.92 Å². The lowest BCUT2D eigenvalue weighted by Crippen LogP contribution is -2.39. The minimum atomic E-state index is -2.97. The molecule has 2 N–H and O–H groups in total. The van der Waals surface area contributed by atoms with Gasteiger partial charge in [0.1, 0.15) is 22.0 Å². The standard InChI is InChI=1S/C14H28N6O3S/c1-4-13-19-18-12-20(13)8-6-16-14(15-5-2)17-7-9-23-10-11-24(3,21)22/h12H,4-11H2,1-3H3,(H2,15,16,17). The second kappa shape index (κ2) is 11.0. The minimum absolute atomic E-state index is 0.0355. The SMILES string of the molecule is CCNC(=NCCOCCS(C)(=O)=O)NCCn1cnnc1CC. The number of hydrogen-bond donors (Lipinski definition) is 2. The third-order valence-electron chi connectivity index (χ3n) is 3.11. The van der Waals surface area contributed by atoms with E-state index in [1.54, 1.807) is 6.33 Å². The molecule has 0 aliphatic carbocycles. The molecule has 0 radical (unpaired) electrons. The Kier molecular flexibility index (Phi) is 9.31. The number of nitrogens with one attached hydrogen (secondary N) is 2. The van der Waals surface area contributed by atoms with Gasteiger partial charge < -0.3 is 19.9 Å². The maximum absolute atomic E-state index is 11.0. The molecule has 0 spiro atoms. The molecule has 0 saturated heterocycles. The van der Waals surface area contributed by atoms with Crippen LogP contribution in [-0.2, 0) is 27.5 Å². The van der Waals surface area contributed by atoms with E-state index in [-0.39, 0.29) is 12.4 Å². The highest BCUT2D eigenvalue weighted by molar-refractivity contribution is 7.90. The van der Waals surface area contributed by atoms with Gasteiger partial charge in [0.05, 0.1) is 25.5 Å². The van der Waals surface area contributed by atoms with Crippen LogP contribution in [0.25, 0.3) is 0 Å². The molecule has 0 atom stereocenters. The van der Waals surface area contributed by atoms with Gasteiger partial charge in [-0.15, -0.1) is 10.2 Å². The molecule has 138 valence electrons. The van der Waals surface area contributed by atoms with Crippen LogP contribution in [0.15, 0.2) is 11.3 Å². The number of nitrogens with zero attached hydrogens (tertiary/aromatic N) is 4. The Morgan fingerprint density at radius 3 is 2.79 bits per heavy atom. The van der Waals surface area contributed by atoms with Crippen molar-refractivity contribution in [1.82, 2.24) is 25.4 Å². The second-order valence-corrected chi connectivity index (χ2v) is 7.48. The van der Waals surface area contributed by atoms with E-state index < -0.39 is 9.84 Å². The van der Waals surface area contributed by atoms with E-state index >= 15 is 0 Å². The van der Waals surface area contributed by atoms with Gasteiger partial charge in [0.2, 0.25) is 0 Å². The van der Waals surface area contributed by atoms with E-state index in [1.807, 2.05) is 18.4 Å². The maximum Gasteiger partial charge on any atom is 0.191 e.